The zero-order chi connectivity index (χ0) is 19.7. The molecule has 4 aromatic rings. The van der Waals surface area contributed by atoms with E-state index in [4.69, 9.17) is 9.72 Å². The largest absolute Gasteiger partial charge is 0.494 e. The van der Waals surface area contributed by atoms with Crippen LogP contribution in [-0.4, -0.2) is 32.6 Å². The highest BCUT2D eigenvalue weighted by atomic mass is 32.1. The number of nitrogens with zero attached hydrogens (tertiary/aromatic N) is 5. The van der Waals surface area contributed by atoms with Crippen molar-refractivity contribution in [1.82, 2.24) is 19.6 Å². The van der Waals surface area contributed by atoms with Gasteiger partial charge < -0.3 is 4.74 Å². The Kier molecular flexibility index (Phi) is 5.01. The van der Waals surface area contributed by atoms with Crippen LogP contribution in [0.2, 0.25) is 0 Å². The van der Waals surface area contributed by atoms with E-state index in [-0.39, 0.29) is 5.91 Å². The number of methoxy groups -OCH3 is 1. The Morgan fingerprint density at radius 1 is 1.21 bits per heavy atom. The van der Waals surface area contributed by atoms with E-state index in [1.54, 1.807) is 25.1 Å². The molecule has 28 heavy (non-hydrogen) atoms. The predicted molar refractivity (Wildman–Crippen MR) is 110 cm³/mol. The molecule has 0 N–H and O–H groups in total. The molecular formula is C19H17N5O2S2. The molecule has 1 amide bonds. The lowest BCUT2D eigenvalue weighted by Crippen LogP contribution is -2.30. The van der Waals surface area contributed by atoms with Crippen molar-refractivity contribution in [3.8, 4) is 5.75 Å². The second-order valence-corrected chi connectivity index (χ2v) is 7.89. The number of rotatable bonds is 5. The zero-order valence-corrected chi connectivity index (χ0v) is 17.2. The van der Waals surface area contributed by atoms with Gasteiger partial charge in [-0.2, -0.15) is 0 Å². The summed E-state index contributed by atoms with van der Waals surface area (Å²) in [6.45, 7) is 4.10. The molecule has 0 unspecified atom stereocenters. The standard InChI is InChI=1S/C19H17N5O2S2/c1-11-7-8-14(26-3)15-16(11)27-19(21-15)24(10-13-6-4-5-9-20-13)18(25)17-12(2)22-23-28-17/h4-9H,10H2,1-3H3. The third-order valence-corrected chi connectivity index (χ3v) is 6.31. The third kappa shape index (κ3) is 3.34. The van der Waals surface area contributed by atoms with Gasteiger partial charge in [-0.3, -0.25) is 14.7 Å². The number of anilines is 1. The first kappa shape index (κ1) is 18.5. The molecule has 9 heteroatoms. The van der Waals surface area contributed by atoms with Gasteiger partial charge in [-0.15, -0.1) is 5.10 Å². The summed E-state index contributed by atoms with van der Waals surface area (Å²) < 4.78 is 10.4. The van der Waals surface area contributed by atoms with Gasteiger partial charge in [0.25, 0.3) is 5.91 Å². The molecule has 142 valence electrons. The monoisotopic (exact) mass is 411 g/mol. The van der Waals surface area contributed by atoms with Crippen LogP contribution in [0.4, 0.5) is 5.13 Å². The molecule has 3 aromatic heterocycles. The number of hydrogen-bond acceptors (Lipinski definition) is 8. The van der Waals surface area contributed by atoms with E-state index in [1.165, 1.54) is 11.3 Å². The summed E-state index contributed by atoms with van der Waals surface area (Å²) in [4.78, 5) is 24.5. The second kappa shape index (κ2) is 7.61. The van der Waals surface area contributed by atoms with Crippen LogP contribution in [0.1, 0.15) is 26.6 Å². The van der Waals surface area contributed by atoms with Crippen LogP contribution in [0.15, 0.2) is 36.5 Å². The smallest absolute Gasteiger partial charge is 0.274 e. The first-order valence-corrected chi connectivity index (χ1v) is 10.1. The lowest BCUT2D eigenvalue weighted by atomic mass is 10.2. The van der Waals surface area contributed by atoms with Crippen molar-refractivity contribution in [2.45, 2.75) is 20.4 Å². The summed E-state index contributed by atoms with van der Waals surface area (Å²) in [5.41, 5.74) is 3.21. The summed E-state index contributed by atoms with van der Waals surface area (Å²) in [6, 6.07) is 9.51. The maximum absolute atomic E-state index is 13.3. The molecule has 7 nitrogen and oxygen atoms in total. The van der Waals surface area contributed by atoms with Gasteiger partial charge in [-0.05, 0) is 49.1 Å². The van der Waals surface area contributed by atoms with Crippen molar-refractivity contribution in [2.75, 3.05) is 12.0 Å². The summed E-state index contributed by atoms with van der Waals surface area (Å²) in [5.74, 6) is 0.498. The number of aryl methyl sites for hydroxylation is 2. The molecule has 0 aliphatic heterocycles. The van der Waals surface area contributed by atoms with Gasteiger partial charge in [-0.25, -0.2) is 4.98 Å². The first-order valence-electron chi connectivity index (χ1n) is 8.53. The number of fused-ring (bicyclic) bond motifs is 1. The number of hydrogen-bond donors (Lipinski definition) is 0. The minimum Gasteiger partial charge on any atom is -0.494 e. The fraction of sp³-hybridized carbons (Fsp3) is 0.211. The van der Waals surface area contributed by atoms with Crippen LogP contribution in [0.3, 0.4) is 0 Å². The van der Waals surface area contributed by atoms with Gasteiger partial charge in [0.05, 0.1) is 29.7 Å². The Labute approximate surface area is 169 Å². The maximum atomic E-state index is 13.3. The van der Waals surface area contributed by atoms with E-state index < -0.39 is 0 Å². The fourth-order valence-corrected chi connectivity index (χ4v) is 4.46. The van der Waals surface area contributed by atoms with Crippen molar-refractivity contribution in [1.29, 1.82) is 0 Å². The average molecular weight is 412 g/mol. The molecular weight excluding hydrogens is 394 g/mol. The highest BCUT2D eigenvalue weighted by Crippen LogP contribution is 2.37. The SMILES string of the molecule is COc1ccc(C)c2sc(N(Cc3ccccn3)C(=O)c3snnc3C)nc12. The van der Waals surface area contributed by atoms with Gasteiger partial charge in [0, 0.05) is 6.20 Å². The van der Waals surface area contributed by atoms with E-state index in [1.807, 2.05) is 37.3 Å². The van der Waals surface area contributed by atoms with Crippen molar-refractivity contribution in [3.05, 3.63) is 58.4 Å². The van der Waals surface area contributed by atoms with Gasteiger partial charge in [0.1, 0.15) is 16.1 Å². The summed E-state index contributed by atoms with van der Waals surface area (Å²) >= 11 is 2.55. The Bertz CT molecular complexity index is 1140. The molecule has 0 bridgehead atoms. The molecule has 0 aliphatic rings. The summed E-state index contributed by atoms with van der Waals surface area (Å²) in [6.07, 6.45) is 1.71. The van der Waals surface area contributed by atoms with Crippen LogP contribution >= 0.6 is 22.9 Å². The van der Waals surface area contributed by atoms with Crippen LogP contribution in [0.5, 0.6) is 5.75 Å². The Hall–Kier alpha value is -2.91. The van der Waals surface area contributed by atoms with Crippen LogP contribution in [-0.2, 0) is 6.54 Å². The van der Waals surface area contributed by atoms with Crippen LogP contribution in [0.25, 0.3) is 10.2 Å². The minimum atomic E-state index is -0.186. The number of amides is 1. The van der Waals surface area contributed by atoms with Crippen molar-refractivity contribution in [2.24, 2.45) is 0 Å². The molecule has 3 heterocycles. The molecule has 0 fully saturated rings. The van der Waals surface area contributed by atoms with Crippen molar-refractivity contribution < 1.29 is 9.53 Å². The van der Waals surface area contributed by atoms with Crippen molar-refractivity contribution in [3.63, 3.8) is 0 Å². The number of pyridine rings is 1. The highest BCUT2D eigenvalue weighted by Gasteiger charge is 2.26. The third-order valence-electron chi connectivity index (χ3n) is 4.28. The van der Waals surface area contributed by atoms with Gasteiger partial charge in [-0.1, -0.05) is 28.0 Å². The number of ether oxygens (including phenoxy) is 1. The molecule has 0 atom stereocenters. The van der Waals surface area contributed by atoms with E-state index in [0.29, 0.717) is 28.0 Å². The molecule has 0 saturated heterocycles. The normalized spacial score (nSPS) is 11.0. The van der Waals surface area contributed by atoms with E-state index >= 15 is 0 Å². The van der Waals surface area contributed by atoms with Gasteiger partial charge in [0.15, 0.2) is 5.13 Å². The van der Waals surface area contributed by atoms with Crippen LogP contribution in [0, 0.1) is 13.8 Å². The van der Waals surface area contributed by atoms with E-state index in [9.17, 15) is 4.79 Å². The second-order valence-electron chi connectivity index (χ2n) is 6.16. The number of carbonyl (C=O) groups is 1. The molecule has 1 aromatic carbocycles. The van der Waals surface area contributed by atoms with Crippen LogP contribution < -0.4 is 9.64 Å². The van der Waals surface area contributed by atoms with Crippen molar-refractivity contribution >= 4 is 44.1 Å². The quantitative estimate of drug-likeness (QED) is 0.493. The molecule has 0 aliphatic carbocycles. The van der Waals surface area contributed by atoms with Gasteiger partial charge >= 0.3 is 0 Å². The molecule has 4 rings (SSSR count). The molecule has 0 spiro atoms. The lowest BCUT2D eigenvalue weighted by Gasteiger charge is -2.18. The number of aromatic nitrogens is 4. The Morgan fingerprint density at radius 2 is 2.07 bits per heavy atom. The fourth-order valence-electron chi connectivity index (χ4n) is 2.81. The average Bonchev–Trinajstić information content (AvgIpc) is 3.34. The highest BCUT2D eigenvalue weighted by molar-refractivity contribution is 7.22. The predicted octanol–water partition coefficient (Wildman–Crippen LogP) is 4.02. The lowest BCUT2D eigenvalue weighted by molar-refractivity contribution is 0.0988. The van der Waals surface area contributed by atoms with E-state index in [0.717, 1.165) is 33.0 Å². The Balaban J connectivity index is 1.83. The summed E-state index contributed by atoms with van der Waals surface area (Å²) in [5, 5.41) is 4.56. The number of carbonyl (C=O) groups excluding carboxylic acids is 1. The summed E-state index contributed by atoms with van der Waals surface area (Å²) in [7, 11) is 1.62. The minimum absolute atomic E-state index is 0.186. The maximum Gasteiger partial charge on any atom is 0.274 e. The zero-order valence-electron chi connectivity index (χ0n) is 15.5. The van der Waals surface area contributed by atoms with E-state index in [2.05, 4.69) is 14.6 Å². The topological polar surface area (TPSA) is 81.1 Å². The number of thiazole rings is 1. The first-order chi connectivity index (χ1) is 13.6. The number of benzene rings is 1. The molecule has 0 saturated carbocycles. The molecule has 0 radical (unpaired) electrons. The van der Waals surface area contributed by atoms with Gasteiger partial charge in [0.2, 0.25) is 0 Å². The Morgan fingerprint density at radius 3 is 2.75 bits per heavy atom.